The molecule has 0 spiro atoms. The number of hydrogen-bond donors (Lipinski definition) is 0. The SMILES string of the molecule is CCc1nc([N+](=O)[O-])c(N2CCN(C=O)CC2)n1Cc1ccccc1. The van der Waals surface area contributed by atoms with E-state index < -0.39 is 4.92 Å². The maximum Gasteiger partial charge on any atom is 0.406 e. The van der Waals surface area contributed by atoms with Crippen LogP contribution in [0.5, 0.6) is 0 Å². The zero-order valence-electron chi connectivity index (χ0n) is 14.2. The van der Waals surface area contributed by atoms with Crippen molar-refractivity contribution in [2.24, 2.45) is 0 Å². The van der Waals surface area contributed by atoms with Crippen molar-refractivity contribution in [2.45, 2.75) is 19.9 Å². The zero-order valence-corrected chi connectivity index (χ0v) is 14.2. The quantitative estimate of drug-likeness (QED) is 0.453. The van der Waals surface area contributed by atoms with Crippen LogP contribution >= 0.6 is 0 Å². The molecule has 3 rings (SSSR count). The number of piperazine rings is 1. The van der Waals surface area contributed by atoms with E-state index in [1.54, 1.807) is 4.90 Å². The van der Waals surface area contributed by atoms with E-state index in [0.29, 0.717) is 50.8 Å². The smallest absolute Gasteiger partial charge is 0.358 e. The van der Waals surface area contributed by atoms with Gasteiger partial charge in [0.15, 0.2) is 0 Å². The molecule has 0 radical (unpaired) electrons. The fourth-order valence-corrected chi connectivity index (χ4v) is 3.15. The molecule has 0 N–H and O–H groups in total. The van der Waals surface area contributed by atoms with Crippen LogP contribution in [0.2, 0.25) is 0 Å². The Balaban J connectivity index is 2.00. The third kappa shape index (κ3) is 3.47. The largest absolute Gasteiger partial charge is 0.406 e. The van der Waals surface area contributed by atoms with Crippen molar-refractivity contribution in [3.8, 4) is 0 Å². The molecule has 1 aromatic heterocycles. The van der Waals surface area contributed by atoms with Gasteiger partial charge in [0, 0.05) is 32.6 Å². The van der Waals surface area contributed by atoms with Gasteiger partial charge in [0.25, 0.3) is 0 Å². The molecule has 8 heteroatoms. The number of imidazole rings is 1. The molecule has 1 aliphatic heterocycles. The average Bonchev–Trinajstić information content (AvgIpc) is 3.01. The minimum atomic E-state index is -0.415. The highest BCUT2D eigenvalue weighted by molar-refractivity contribution is 5.58. The van der Waals surface area contributed by atoms with Crippen molar-refractivity contribution in [1.82, 2.24) is 14.5 Å². The van der Waals surface area contributed by atoms with Gasteiger partial charge >= 0.3 is 5.82 Å². The number of aryl methyl sites for hydroxylation is 1. The highest BCUT2D eigenvalue weighted by atomic mass is 16.6. The van der Waals surface area contributed by atoms with E-state index in [-0.39, 0.29) is 5.82 Å². The van der Waals surface area contributed by atoms with Crippen molar-refractivity contribution in [3.05, 3.63) is 51.8 Å². The van der Waals surface area contributed by atoms with Gasteiger partial charge in [0.2, 0.25) is 18.1 Å². The van der Waals surface area contributed by atoms with Crippen LogP contribution < -0.4 is 4.90 Å². The normalized spacial score (nSPS) is 14.6. The van der Waals surface area contributed by atoms with Gasteiger partial charge in [-0.15, -0.1) is 0 Å². The highest BCUT2D eigenvalue weighted by Gasteiger charge is 2.32. The molecule has 0 atom stereocenters. The molecule has 0 bridgehead atoms. The maximum atomic E-state index is 11.6. The molecule has 1 fully saturated rings. The molecule has 2 aromatic rings. The Hall–Kier alpha value is -2.90. The maximum absolute atomic E-state index is 11.6. The number of carbonyl (C=O) groups is 1. The molecule has 1 saturated heterocycles. The first kappa shape index (κ1) is 16.9. The van der Waals surface area contributed by atoms with Crippen LogP contribution in [0.1, 0.15) is 18.3 Å². The molecule has 25 heavy (non-hydrogen) atoms. The number of amides is 1. The van der Waals surface area contributed by atoms with E-state index in [9.17, 15) is 14.9 Å². The predicted molar refractivity (Wildman–Crippen MR) is 93.7 cm³/mol. The van der Waals surface area contributed by atoms with E-state index in [2.05, 4.69) is 4.98 Å². The van der Waals surface area contributed by atoms with Gasteiger partial charge in [0.05, 0.1) is 6.54 Å². The van der Waals surface area contributed by atoms with Gasteiger partial charge in [-0.3, -0.25) is 9.36 Å². The minimum Gasteiger partial charge on any atom is -0.358 e. The summed E-state index contributed by atoms with van der Waals surface area (Å²) in [7, 11) is 0. The average molecular weight is 343 g/mol. The van der Waals surface area contributed by atoms with Gasteiger partial charge in [0.1, 0.15) is 0 Å². The molecule has 0 unspecified atom stereocenters. The van der Waals surface area contributed by atoms with Crippen LogP contribution in [0.25, 0.3) is 0 Å². The van der Waals surface area contributed by atoms with Gasteiger partial charge in [-0.05, 0) is 15.5 Å². The molecule has 8 nitrogen and oxygen atoms in total. The summed E-state index contributed by atoms with van der Waals surface area (Å²) in [6, 6.07) is 9.85. The lowest BCUT2D eigenvalue weighted by molar-refractivity contribution is -0.388. The van der Waals surface area contributed by atoms with Crippen LogP contribution in [0.4, 0.5) is 11.6 Å². The number of benzene rings is 1. The molecular formula is C17H21N5O3. The van der Waals surface area contributed by atoms with E-state index in [1.165, 1.54) is 0 Å². The Morgan fingerprint density at radius 3 is 2.44 bits per heavy atom. The minimum absolute atomic E-state index is 0.104. The summed E-state index contributed by atoms with van der Waals surface area (Å²) in [6.45, 7) is 4.71. The first-order valence-electron chi connectivity index (χ1n) is 8.36. The Kier molecular flexibility index (Phi) is 4.97. The summed E-state index contributed by atoms with van der Waals surface area (Å²) in [5, 5.41) is 11.6. The predicted octanol–water partition coefficient (Wildman–Crippen LogP) is 1.68. The molecule has 1 aliphatic rings. The third-order valence-corrected chi connectivity index (χ3v) is 4.44. The molecule has 0 aliphatic carbocycles. The number of aromatic nitrogens is 2. The van der Waals surface area contributed by atoms with Gasteiger partial charge in [-0.2, -0.15) is 0 Å². The number of rotatable bonds is 6. The molecule has 1 amide bonds. The van der Waals surface area contributed by atoms with Gasteiger partial charge in [-0.25, -0.2) is 0 Å². The van der Waals surface area contributed by atoms with Crippen LogP contribution in [0.15, 0.2) is 30.3 Å². The van der Waals surface area contributed by atoms with Gasteiger partial charge in [-0.1, -0.05) is 37.3 Å². The number of nitrogens with zero attached hydrogens (tertiary/aromatic N) is 5. The van der Waals surface area contributed by atoms with Crippen molar-refractivity contribution >= 4 is 18.0 Å². The summed E-state index contributed by atoms with van der Waals surface area (Å²) >= 11 is 0. The van der Waals surface area contributed by atoms with Crippen molar-refractivity contribution < 1.29 is 9.72 Å². The third-order valence-electron chi connectivity index (χ3n) is 4.44. The topological polar surface area (TPSA) is 84.5 Å². The van der Waals surface area contributed by atoms with Crippen LogP contribution in [-0.2, 0) is 17.8 Å². The summed E-state index contributed by atoms with van der Waals surface area (Å²) < 4.78 is 1.93. The highest BCUT2D eigenvalue weighted by Crippen LogP contribution is 2.31. The van der Waals surface area contributed by atoms with Crippen LogP contribution in [0.3, 0.4) is 0 Å². The lowest BCUT2D eigenvalue weighted by Gasteiger charge is -2.33. The number of carbonyl (C=O) groups excluding carboxylic acids is 1. The van der Waals surface area contributed by atoms with Crippen molar-refractivity contribution in [2.75, 3.05) is 31.1 Å². The summed E-state index contributed by atoms with van der Waals surface area (Å²) in [6.07, 6.45) is 1.44. The summed E-state index contributed by atoms with van der Waals surface area (Å²) in [5.74, 6) is 1.13. The monoisotopic (exact) mass is 343 g/mol. The number of hydrogen-bond acceptors (Lipinski definition) is 5. The standard InChI is InChI=1S/C17H21N5O3/c1-2-15-18-16(22(24)25)17(20-10-8-19(13-23)9-11-20)21(15)12-14-6-4-3-5-7-14/h3-7,13H,2,8-12H2,1H3. The summed E-state index contributed by atoms with van der Waals surface area (Å²) in [4.78, 5) is 30.0. The van der Waals surface area contributed by atoms with Crippen molar-refractivity contribution in [1.29, 1.82) is 0 Å². The first-order chi connectivity index (χ1) is 12.1. The van der Waals surface area contributed by atoms with Crippen LogP contribution in [0, 0.1) is 10.1 Å². The molecule has 2 heterocycles. The van der Waals surface area contributed by atoms with Crippen molar-refractivity contribution in [3.63, 3.8) is 0 Å². The fourth-order valence-electron chi connectivity index (χ4n) is 3.15. The lowest BCUT2D eigenvalue weighted by Crippen LogP contribution is -2.46. The van der Waals surface area contributed by atoms with E-state index in [1.807, 2.05) is 46.7 Å². The Morgan fingerprint density at radius 1 is 1.20 bits per heavy atom. The van der Waals surface area contributed by atoms with Crippen LogP contribution in [-0.4, -0.2) is 52.0 Å². The second-order valence-corrected chi connectivity index (χ2v) is 5.99. The molecule has 0 saturated carbocycles. The first-order valence-corrected chi connectivity index (χ1v) is 8.36. The van der Waals surface area contributed by atoms with E-state index in [4.69, 9.17) is 0 Å². The number of nitro groups is 1. The fraction of sp³-hybridized carbons (Fsp3) is 0.412. The second-order valence-electron chi connectivity index (χ2n) is 5.99. The van der Waals surface area contributed by atoms with Gasteiger partial charge < -0.3 is 19.9 Å². The number of anilines is 1. The Labute approximate surface area is 145 Å². The van der Waals surface area contributed by atoms with E-state index >= 15 is 0 Å². The second kappa shape index (κ2) is 7.33. The molecular weight excluding hydrogens is 322 g/mol. The Bertz CT molecular complexity index is 751. The summed E-state index contributed by atoms with van der Waals surface area (Å²) in [5.41, 5.74) is 1.07. The van der Waals surface area contributed by atoms with E-state index in [0.717, 1.165) is 12.0 Å². The Morgan fingerprint density at radius 2 is 1.88 bits per heavy atom. The molecule has 1 aromatic carbocycles. The zero-order chi connectivity index (χ0) is 17.8. The lowest BCUT2D eigenvalue weighted by atomic mass is 10.2. The molecule has 132 valence electrons.